The van der Waals surface area contributed by atoms with Gasteiger partial charge < -0.3 is 5.32 Å². The third-order valence-corrected chi connectivity index (χ3v) is 5.31. The zero-order valence-corrected chi connectivity index (χ0v) is 15.9. The van der Waals surface area contributed by atoms with E-state index >= 15 is 0 Å². The van der Waals surface area contributed by atoms with Crippen molar-refractivity contribution in [1.29, 1.82) is 0 Å². The van der Waals surface area contributed by atoms with E-state index in [1.807, 2.05) is 11.4 Å². The molecule has 20 heavy (non-hydrogen) atoms. The van der Waals surface area contributed by atoms with Gasteiger partial charge in [0, 0.05) is 16.4 Å². The Labute approximate surface area is 140 Å². The van der Waals surface area contributed by atoms with Crippen molar-refractivity contribution in [3.63, 3.8) is 0 Å². The first-order valence-electron chi connectivity index (χ1n) is 6.39. The van der Waals surface area contributed by atoms with Gasteiger partial charge >= 0.3 is 0 Å². The standard InChI is InChI=1S/C14H17Br2N3S/c1-5-17-12-9(16)11(14(2,3)4)18-13(19-12)10-8(15)6-7-20-10/h6-7H,5H2,1-4H3,(H,17,18,19). The summed E-state index contributed by atoms with van der Waals surface area (Å²) in [7, 11) is 0. The van der Waals surface area contributed by atoms with Crippen LogP contribution in [0.3, 0.4) is 0 Å². The monoisotopic (exact) mass is 417 g/mol. The quantitative estimate of drug-likeness (QED) is 0.718. The summed E-state index contributed by atoms with van der Waals surface area (Å²) in [6.07, 6.45) is 0. The van der Waals surface area contributed by atoms with Gasteiger partial charge in [-0.3, -0.25) is 0 Å². The fourth-order valence-electron chi connectivity index (χ4n) is 1.78. The number of nitrogens with zero attached hydrogens (tertiary/aromatic N) is 2. The largest absolute Gasteiger partial charge is 0.369 e. The van der Waals surface area contributed by atoms with Crippen LogP contribution in [-0.4, -0.2) is 16.5 Å². The number of rotatable bonds is 3. The lowest BCUT2D eigenvalue weighted by Gasteiger charge is -2.22. The number of halogens is 2. The zero-order valence-electron chi connectivity index (χ0n) is 11.9. The highest BCUT2D eigenvalue weighted by atomic mass is 79.9. The molecule has 0 saturated heterocycles. The normalized spacial score (nSPS) is 11.7. The number of hydrogen-bond acceptors (Lipinski definition) is 4. The Morgan fingerprint density at radius 2 is 1.95 bits per heavy atom. The number of thiophene rings is 1. The van der Waals surface area contributed by atoms with E-state index in [0.29, 0.717) is 0 Å². The SMILES string of the molecule is CCNc1nc(-c2sccc2Br)nc(C(C)(C)C)c1Br. The number of aromatic nitrogens is 2. The smallest absolute Gasteiger partial charge is 0.173 e. The highest BCUT2D eigenvalue weighted by Crippen LogP contribution is 2.37. The predicted octanol–water partition coefficient (Wildman–Crippen LogP) is 5.46. The van der Waals surface area contributed by atoms with Crippen LogP contribution in [0.4, 0.5) is 5.82 Å². The summed E-state index contributed by atoms with van der Waals surface area (Å²) in [5.41, 5.74) is 0.962. The van der Waals surface area contributed by atoms with Gasteiger partial charge in [0.1, 0.15) is 5.82 Å². The number of anilines is 1. The van der Waals surface area contributed by atoms with Gasteiger partial charge in [-0.25, -0.2) is 9.97 Å². The molecule has 1 N–H and O–H groups in total. The van der Waals surface area contributed by atoms with Crippen molar-refractivity contribution >= 4 is 49.0 Å². The first-order valence-corrected chi connectivity index (χ1v) is 8.86. The molecule has 0 aliphatic rings. The lowest BCUT2D eigenvalue weighted by Crippen LogP contribution is -2.17. The Morgan fingerprint density at radius 1 is 1.25 bits per heavy atom. The summed E-state index contributed by atoms with van der Waals surface area (Å²) in [4.78, 5) is 10.5. The first-order chi connectivity index (χ1) is 9.34. The molecule has 0 amide bonds. The Hall–Kier alpha value is -0.460. The number of hydrogen-bond donors (Lipinski definition) is 1. The zero-order chi connectivity index (χ0) is 14.9. The van der Waals surface area contributed by atoms with Gasteiger partial charge in [0.15, 0.2) is 5.82 Å². The van der Waals surface area contributed by atoms with Crippen molar-refractivity contribution in [2.24, 2.45) is 0 Å². The van der Waals surface area contributed by atoms with E-state index in [1.165, 1.54) is 0 Å². The molecule has 2 heterocycles. The van der Waals surface area contributed by atoms with E-state index < -0.39 is 0 Å². The molecule has 2 aromatic rings. The van der Waals surface area contributed by atoms with E-state index in [-0.39, 0.29) is 5.41 Å². The van der Waals surface area contributed by atoms with Crippen LogP contribution in [0.5, 0.6) is 0 Å². The molecule has 0 aliphatic heterocycles. The van der Waals surface area contributed by atoms with Crippen LogP contribution in [0, 0.1) is 0 Å². The molecular weight excluding hydrogens is 402 g/mol. The molecule has 108 valence electrons. The second-order valence-corrected chi connectivity index (χ2v) is 8.00. The minimum Gasteiger partial charge on any atom is -0.369 e. The Bertz CT molecular complexity index is 617. The minimum atomic E-state index is -0.0512. The predicted molar refractivity (Wildman–Crippen MR) is 93.6 cm³/mol. The van der Waals surface area contributed by atoms with Gasteiger partial charge in [-0.05, 0) is 50.2 Å². The molecule has 0 aromatic carbocycles. The maximum absolute atomic E-state index is 4.77. The molecule has 2 rings (SSSR count). The molecule has 3 nitrogen and oxygen atoms in total. The second-order valence-electron chi connectivity index (χ2n) is 5.44. The van der Waals surface area contributed by atoms with Crippen LogP contribution < -0.4 is 5.32 Å². The van der Waals surface area contributed by atoms with E-state index in [1.54, 1.807) is 11.3 Å². The lowest BCUT2D eigenvalue weighted by molar-refractivity contribution is 0.564. The van der Waals surface area contributed by atoms with E-state index in [4.69, 9.17) is 4.98 Å². The maximum atomic E-state index is 4.77. The van der Waals surface area contributed by atoms with Crippen molar-refractivity contribution in [2.75, 3.05) is 11.9 Å². The van der Waals surface area contributed by atoms with Gasteiger partial charge in [-0.2, -0.15) is 0 Å². The highest BCUT2D eigenvalue weighted by Gasteiger charge is 2.24. The molecule has 6 heteroatoms. The van der Waals surface area contributed by atoms with Crippen molar-refractivity contribution in [1.82, 2.24) is 9.97 Å². The van der Waals surface area contributed by atoms with Crippen LogP contribution in [0.2, 0.25) is 0 Å². The molecule has 0 radical (unpaired) electrons. The molecular formula is C14H17Br2N3S. The highest BCUT2D eigenvalue weighted by molar-refractivity contribution is 9.11. The van der Waals surface area contributed by atoms with Gasteiger partial charge in [0.25, 0.3) is 0 Å². The van der Waals surface area contributed by atoms with Crippen LogP contribution in [0.25, 0.3) is 10.7 Å². The van der Waals surface area contributed by atoms with Crippen LogP contribution in [0.1, 0.15) is 33.4 Å². The van der Waals surface area contributed by atoms with Crippen molar-refractivity contribution < 1.29 is 0 Å². The van der Waals surface area contributed by atoms with Gasteiger partial charge in [-0.1, -0.05) is 20.8 Å². The average molecular weight is 419 g/mol. The average Bonchev–Trinajstić information content (AvgIpc) is 2.77. The molecule has 0 saturated carbocycles. The third kappa shape index (κ3) is 3.23. The first kappa shape index (κ1) is 15.9. The van der Waals surface area contributed by atoms with E-state index in [0.717, 1.165) is 37.7 Å². The van der Waals surface area contributed by atoms with Crippen LogP contribution in [-0.2, 0) is 5.41 Å². The molecule has 0 aliphatic carbocycles. The summed E-state index contributed by atoms with van der Waals surface area (Å²) in [5.74, 6) is 1.61. The fourth-order valence-corrected chi connectivity index (χ4v) is 4.18. The molecule has 0 bridgehead atoms. The second kappa shape index (κ2) is 6.12. The summed E-state index contributed by atoms with van der Waals surface area (Å²) in [6.45, 7) is 9.35. The summed E-state index contributed by atoms with van der Waals surface area (Å²) >= 11 is 8.84. The van der Waals surface area contributed by atoms with E-state index in [9.17, 15) is 0 Å². The van der Waals surface area contributed by atoms with Crippen molar-refractivity contribution in [3.05, 3.63) is 26.1 Å². The molecule has 0 atom stereocenters. The van der Waals surface area contributed by atoms with Gasteiger partial charge in [0.05, 0.1) is 15.0 Å². The summed E-state index contributed by atoms with van der Waals surface area (Å²) in [5, 5.41) is 5.34. The maximum Gasteiger partial charge on any atom is 0.173 e. The summed E-state index contributed by atoms with van der Waals surface area (Å²) < 4.78 is 1.98. The van der Waals surface area contributed by atoms with Gasteiger partial charge in [0.2, 0.25) is 0 Å². The summed E-state index contributed by atoms with van der Waals surface area (Å²) in [6, 6.07) is 2.02. The van der Waals surface area contributed by atoms with Gasteiger partial charge in [-0.15, -0.1) is 11.3 Å². The van der Waals surface area contributed by atoms with E-state index in [2.05, 4.69) is 69.9 Å². The number of nitrogens with one attached hydrogen (secondary N) is 1. The Kier molecular flexibility index (Phi) is 4.87. The topological polar surface area (TPSA) is 37.8 Å². The lowest BCUT2D eigenvalue weighted by atomic mass is 9.92. The molecule has 0 fully saturated rings. The molecule has 2 aromatic heterocycles. The fraction of sp³-hybridized carbons (Fsp3) is 0.429. The van der Waals surface area contributed by atoms with Crippen molar-refractivity contribution in [3.8, 4) is 10.7 Å². The van der Waals surface area contributed by atoms with Crippen LogP contribution >= 0.6 is 43.2 Å². The third-order valence-electron chi connectivity index (χ3n) is 2.73. The minimum absolute atomic E-state index is 0.0512. The Balaban J connectivity index is 2.65. The molecule has 0 spiro atoms. The molecule has 0 unspecified atom stereocenters. The van der Waals surface area contributed by atoms with Crippen LogP contribution in [0.15, 0.2) is 20.4 Å². The Morgan fingerprint density at radius 3 is 2.45 bits per heavy atom. The van der Waals surface area contributed by atoms with Crippen molar-refractivity contribution in [2.45, 2.75) is 33.1 Å².